The summed E-state index contributed by atoms with van der Waals surface area (Å²) in [5, 5.41) is 2.37. The third kappa shape index (κ3) is 6.18. The number of fused-ring (bicyclic) bond motifs is 6. The molecule has 0 bridgehead atoms. The van der Waals surface area contributed by atoms with E-state index in [1.54, 1.807) is 0 Å². The third-order valence-corrected chi connectivity index (χ3v) is 13.1. The normalized spacial score (nSPS) is 12.7. The van der Waals surface area contributed by atoms with Crippen LogP contribution in [-0.4, -0.2) is 19.5 Å². The summed E-state index contributed by atoms with van der Waals surface area (Å²) in [5.41, 5.74) is 18.1. The van der Waals surface area contributed by atoms with Crippen LogP contribution in [0.15, 0.2) is 218 Å². The van der Waals surface area contributed by atoms with E-state index in [4.69, 9.17) is 15.0 Å². The van der Waals surface area contributed by atoms with Gasteiger partial charge in [0.05, 0.1) is 16.7 Å². The van der Waals surface area contributed by atoms with Gasteiger partial charge in [0.1, 0.15) is 0 Å². The molecule has 12 rings (SSSR count). The minimum atomic E-state index is -0.157. The van der Waals surface area contributed by atoms with Crippen molar-refractivity contribution in [1.82, 2.24) is 19.5 Å². The summed E-state index contributed by atoms with van der Waals surface area (Å²) in [4.78, 5) is 15.7. The Hall–Kier alpha value is -8.21. The third-order valence-electron chi connectivity index (χ3n) is 13.1. The molecule has 0 fully saturated rings. The first-order valence-electron chi connectivity index (χ1n) is 21.9. The molecule has 0 atom stereocenters. The van der Waals surface area contributed by atoms with E-state index in [9.17, 15) is 0 Å². The number of rotatable bonds is 7. The molecule has 0 amide bonds. The summed E-state index contributed by atoms with van der Waals surface area (Å²) in [6, 6.07) is 78.0. The molecule has 4 nitrogen and oxygen atoms in total. The van der Waals surface area contributed by atoms with Crippen molar-refractivity contribution in [3.05, 3.63) is 230 Å². The van der Waals surface area contributed by atoms with Crippen molar-refractivity contribution in [3.8, 4) is 84.4 Å². The van der Waals surface area contributed by atoms with Crippen molar-refractivity contribution >= 4 is 21.8 Å². The summed E-state index contributed by atoms with van der Waals surface area (Å²) in [5.74, 6) is 1.86. The van der Waals surface area contributed by atoms with E-state index in [0.717, 1.165) is 50.1 Å². The van der Waals surface area contributed by atoms with Crippen molar-refractivity contribution in [2.45, 2.75) is 19.3 Å². The standard InChI is InChI=1S/C60H42N4/c1-60(2)50-27-16-15-26-47(50)56-51(60)28-17-29-53(56)64-52-35-34-45(40-20-9-4-10-21-40)36-49(52)55-48(42-22-11-5-12-23-42)37-46(38-54(55)64)59-62-57(43-24-13-6-14-25-43)61-58(63-59)44-32-30-41(31-33-44)39-18-7-3-8-19-39/h3-38H,1-2H3. The van der Waals surface area contributed by atoms with Gasteiger partial charge < -0.3 is 4.57 Å². The highest BCUT2D eigenvalue weighted by Gasteiger charge is 2.37. The highest BCUT2D eigenvalue weighted by Crippen LogP contribution is 2.52. The first-order valence-corrected chi connectivity index (χ1v) is 21.9. The van der Waals surface area contributed by atoms with E-state index in [1.807, 2.05) is 24.3 Å². The van der Waals surface area contributed by atoms with Crippen molar-refractivity contribution < 1.29 is 0 Å². The van der Waals surface area contributed by atoms with E-state index in [1.165, 1.54) is 49.7 Å². The Kier molecular flexibility index (Phi) is 8.80. The van der Waals surface area contributed by atoms with Crippen molar-refractivity contribution in [3.63, 3.8) is 0 Å². The molecular formula is C60H42N4. The molecule has 64 heavy (non-hydrogen) atoms. The van der Waals surface area contributed by atoms with E-state index >= 15 is 0 Å². The van der Waals surface area contributed by atoms with Crippen LogP contribution >= 0.6 is 0 Å². The first kappa shape index (κ1) is 37.5. The van der Waals surface area contributed by atoms with E-state index in [2.05, 4.69) is 213 Å². The lowest BCUT2D eigenvalue weighted by Crippen LogP contribution is -2.15. The van der Waals surface area contributed by atoms with Gasteiger partial charge in [-0.3, -0.25) is 0 Å². The molecule has 1 aliphatic rings. The van der Waals surface area contributed by atoms with Gasteiger partial charge in [0.15, 0.2) is 17.5 Å². The Morgan fingerprint density at radius 2 is 0.828 bits per heavy atom. The van der Waals surface area contributed by atoms with Crippen LogP contribution in [0, 0.1) is 0 Å². The molecule has 0 spiro atoms. The Morgan fingerprint density at radius 3 is 1.48 bits per heavy atom. The van der Waals surface area contributed by atoms with Crippen LogP contribution in [0.3, 0.4) is 0 Å². The SMILES string of the molecule is CC1(C)c2ccccc2-c2c(-n3c4ccc(-c5ccccc5)cc4c4c(-c5ccccc5)cc(-c5nc(-c6ccccc6)nc(-c6ccc(-c7ccccc7)cc6)n5)cc43)cccc21. The molecule has 0 aliphatic heterocycles. The zero-order valence-corrected chi connectivity index (χ0v) is 35.6. The lowest BCUT2D eigenvalue weighted by atomic mass is 9.82. The summed E-state index contributed by atoms with van der Waals surface area (Å²) in [6.45, 7) is 4.70. The average Bonchev–Trinajstić information content (AvgIpc) is 3.82. The van der Waals surface area contributed by atoms with Gasteiger partial charge in [-0.2, -0.15) is 0 Å². The zero-order chi connectivity index (χ0) is 42.8. The second-order valence-corrected chi connectivity index (χ2v) is 17.2. The van der Waals surface area contributed by atoms with Crippen LogP contribution in [0.5, 0.6) is 0 Å². The molecule has 302 valence electrons. The Labute approximate surface area is 372 Å². The number of nitrogens with zero attached hydrogens (tertiary/aromatic N) is 4. The van der Waals surface area contributed by atoms with E-state index in [0.29, 0.717) is 17.5 Å². The molecule has 4 heteroatoms. The van der Waals surface area contributed by atoms with Gasteiger partial charge in [-0.25, -0.2) is 15.0 Å². The molecule has 0 unspecified atom stereocenters. The molecule has 0 saturated heterocycles. The number of hydrogen-bond acceptors (Lipinski definition) is 3. The largest absolute Gasteiger partial charge is 0.309 e. The molecule has 0 radical (unpaired) electrons. The van der Waals surface area contributed by atoms with E-state index in [-0.39, 0.29) is 5.41 Å². The monoisotopic (exact) mass is 818 g/mol. The average molecular weight is 819 g/mol. The molecule has 1 aliphatic carbocycles. The van der Waals surface area contributed by atoms with Crippen molar-refractivity contribution in [1.29, 1.82) is 0 Å². The molecule has 2 heterocycles. The Bertz CT molecular complexity index is 3540. The second-order valence-electron chi connectivity index (χ2n) is 17.2. The number of aromatic nitrogens is 4. The summed E-state index contributed by atoms with van der Waals surface area (Å²) < 4.78 is 2.49. The van der Waals surface area contributed by atoms with Crippen LogP contribution in [0.2, 0.25) is 0 Å². The molecule has 2 aromatic heterocycles. The predicted octanol–water partition coefficient (Wildman–Crippen LogP) is 15.3. The molecule has 11 aromatic rings. The fourth-order valence-electron chi connectivity index (χ4n) is 9.91. The minimum Gasteiger partial charge on any atom is -0.309 e. The predicted molar refractivity (Wildman–Crippen MR) is 264 cm³/mol. The first-order chi connectivity index (χ1) is 31.5. The van der Waals surface area contributed by atoms with Crippen molar-refractivity contribution in [2.75, 3.05) is 0 Å². The quantitative estimate of drug-likeness (QED) is 0.161. The van der Waals surface area contributed by atoms with Crippen molar-refractivity contribution in [2.24, 2.45) is 0 Å². The fraction of sp³-hybridized carbons (Fsp3) is 0.0500. The lowest BCUT2D eigenvalue weighted by Gasteiger charge is -2.22. The maximum absolute atomic E-state index is 5.33. The minimum absolute atomic E-state index is 0.157. The molecule has 0 N–H and O–H groups in total. The number of benzene rings is 9. The molecule has 0 saturated carbocycles. The van der Waals surface area contributed by atoms with Crippen LogP contribution in [0.4, 0.5) is 0 Å². The molecular weight excluding hydrogens is 777 g/mol. The van der Waals surface area contributed by atoms with Gasteiger partial charge in [-0.1, -0.05) is 202 Å². The van der Waals surface area contributed by atoms with Crippen LogP contribution in [-0.2, 0) is 5.41 Å². The molecule has 9 aromatic carbocycles. The summed E-state index contributed by atoms with van der Waals surface area (Å²) in [6.07, 6.45) is 0. The smallest absolute Gasteiger partial charge is 0.164 e. The van der Waals surface area contributed by atoms with Gasteiger partial charge in [0, 0.05) is 38.4 Å². The van der Waals surface area contributed by atoms with Crippen LogP contribution in [0.1, 0.15) is 25.0 Å². The fourth-order valence-corrected chi connectivity index (χ4v) is 9.91. The highest BCUT2D eigenvalue weighted by molar-refractivity contribution is 6.18. The lowest BCUT2D eigenvalue weighted by molar-refractivity contribution is 0.660. The van der Waals surface area contributed by atoms with Gasteiger partial charge >= 0.3 is 0 Å². The topological polar surface area (TPSA) is 43.6 Å². The summed E-state index contributed by atoms with van der Waals surface area (Å²) in [7, 11) is 0. The van der Waals surface area contributed by atoms with Crippen LogP contribution in [0.25, 0.3) is 106 Å². The maximum atomic E-state index is 5.33. The van der Waals surface area contributed by atoms with Gasteiger partial charge in [-0.05, 0) is 80.4 Å². The second kappa shape index (κ2) is 15.0. The van der Waals surface area contributed by atoms with Crippen LogP contribution < -0.4 is 0 Å². The zero-order valence-electron chi connectivity index (χ0n) is 35.6. The number of hydrogen-bond donors (Lipinski definition) is 0. The summed E-state index contributed by atoms with van der Waals surface area (Å²) >= 11 is 0. The Morgan fingerprint density at radius 1 is 0.344 bits per heavy atom. The maximum Gasteiger partial charge on any atom is 0.164 e. The Balaban J connectivity index is 1.16. The van der Waals surface area contributed by atoms with Gasteiger partial charge in [-0.15, -0.1) is 0 Å². The van der Waals surface area contributed by atoms with E-state index < -0.39 is 0 Å². The highest BCUT2D eigenvalue weighted by atomic mass is 15.0. The van der Waals surface area contributed by atoms with Gasteiger partial charge in [0.2, 0.25) is 0 Å². The van der Waals surface area contributed by atoms with Gasteiger partial charge in [0.25, 0.3) is 0 Å².